The number of hydrogen-bond acceptors (Lipinski definition) is 1. The summed E-state index contributed by atoms with van der Waals surface area (Å²) >= 11 is 0. The van der Waals surface area contributed by atoms with Crippen molar-refractivity contribution >= 4 is 38.9 Å². The Balaban J connectivity index is 1.17. The smallest absolute Gasteiger partial charge is 0.0542 e. The zero-order valence-corrected chi connectivity index (χ0v) is 29.9. The van der Waals surface area contributed by atoms with E-state index in [0.29, 0.717) is 5.92 Å². The fourth-order valence-electron chi connectivity index (χ4n) is 10.1. The summed E-state index contributed by atoms with van der Waals surface area (Å²) in [7, 11) is 0. The Morgan fingerprint density at radius 1 is 0.528 bits per heavy atom. The van der Waals surface area contributed by atoms with E-state index in [1.165, 1.54) is 72.0 Å². The molecule has 53 heavy (non-hydrogen) atoms. The topological polar surface area (TPSA) is 8.17 Å². The second-order valence-electron chi connectivity index (χ2n) is 15.1. The monoisotopic (exact) mass is 678 g/mol. The SMILES string of the molecule is CC1=CC2C(C=C1)c1ccc(C)cc1C21c2ccccc2-c2ccc(N(c3ccccc3)c3ccc4c(c3)c3ccccc3n4-c3ccccc3)cc21. The van der Waals surface area contributed by atoms with Crippen LogP contribution in [0.4, 0.5) is 17.1 Å². The van der Waals surface area contributed by atoms with Gasteiger partial charge in [-0.25, -0.2) is 0 Å². The first kappa shape index (κ1) is 30.3. The van der Waals surface area contributed by atoms with Crippen LogP contribution < -0.4 is 4.90 Å². The standard InChI is InChI=1S/C51H38N2/c1-33-21-25-40-41-26-22-34(2)30-47(41)51(46(40)29-33)45-19-11-9-17-39(45)42-27-23-38(32-48(42)51)52(35-13-5-3-6-14-35)37-24-28-50-44(31-37)43-18-10-12-20-49(43)53(50)36-15-7-4-8-16-36/h3-32,40,46H,1-2H3. The number of aryl methyl sites for hydroxylation is 1. The maximum absolute atomic E-state index is 2.56. The third-order valence-corrected chi connectivity index (χ3v) is 12.2. The van der Waals surface area contributed by atoms with Gasteiger partial charge in [0.1, 0.15) is 0 Å². The van der Waals surface area contributed by atoms with Gasteiger partial charge in [0.2, 0.25) is 0 Å². The maximum Gasteiger partial charge on any atom is 0.0542 e. The Morgan fingerprint density at radius 3 is 2.09 bits per heavy atom. The van der Waals surface area contributed by atoms with Crippen LogP contribution in [0.3, 0.4) is 0 Å². The van der Waals surface area contributed by atoms with E-state index in [2.05, 4.69) is 205 Å². The Morgan fingerprint density at radius 2 is 1.23 bits per heavy atom. The molecule has 1 spiro atoms. The summed E-state index contributed by atoms with van der Waals surface area (Å²) < 4.78 is 2.39. The maximum atomic E-state index is 2.56. The predicted octanol–water partition coefficient (Wildman–Crippen LogP) is 13.1. The van der Waals surface area contributed by atoms with Crippen molar-refractivity contribution in [1.29, 1.82) is 0 Å². The lowest BCUT2D eigenvalue weighted by Crippen LogP contribution is -2.33. The molecule has 8 aromatic rings. The van der Waals surface area contributed by atoms with Crippen LogP contribution in [0.5, 0.6) is 0 Å². The number of aromatic nitrogens is 1. The van der Waals surface area contributed by atoms with Crippen molar-refractivity contribution in [3.8, 4) is 16.8 Å². The van der Waals surface area contributed by atoms with Gasteiger partial charge < -0.3 is 9.47 Å². The molecule has 0 radical (unpaired) electrons. The second kappa shape index (κ2) is 11.3. The Bertz CT molecular complexity index is 2820. The zero-order valence-electron chi connectivity index (χ0n) is 29.9. The van der Waals surface area contributed by atoms with Gasteiger partial charge in [-0.1, -0.05) is 132 Å². The molecule has 0 aliphatic heterocycles. The molecule has 11 rings (SSSR count). The van der Waals surface area contributed by atoms with E-state index in [-0.39, 0.29) is 11.3 Å². The van der Waals surface area contributed by atoms with Gasteiger partial charge in [-0.15, -0.1) is 0 Å². The molecule has 3 atom stereocenters. The first-order valence-corrected chi connectivity index (χ1v) is 18.8. The lowest BCUT2D eigenvalue weighted by atomic mass is 9.65. The number of anilines is 3. The number of nitrogens with zero attached hydrogens (tertiary/aromatic N) is 2. The van der Waals surface area contributed by atoms with Crippen LogP contribution in [0.1, 0.15) is 40.7 Å². The van der Waals surface area contributed by atoms with Gasteiger partial charge in [0.05, 0.1) is 16.4 Å². The fourth-order valence-corrected chi connectivity index (χ4v) is 10.1. The van der Waals surface area contributed by atoms with E-state index in [0.717, 1.165) is 17.1 Å². The van der Waals surface area contributed by atoms with Crippen LogP contribution in [-0.2, 0) is 5.41 Å². The van der Waals surface area contributed by atoms with Gasteiger partial charge >= 0.3 is 0 Å². The number of allylic oxidation sites excluding steroid dienone is 4. The number of hydrogen-bond donors (Lipinski definition) is 0. The second-order valence-corrected chi connectivity index (χ2v) is 15.1. The molecule has 0 amide bonds. The van der Waals surface area contributed by atoms with Crippen molar-refractivity contribution < 1.29 is 0 Å². The van der Waals surface area contributed by atoms with Crippen LogP contribution in [0.2, 0.25) is 0 Å². The van der Waals surface area contributed by atoms with Gasteiger partial charge in [-0.3, -0.25) is 0 Å². The molecular formula is C51H38N2. The molecule has 0 N–H and O–H groups in total. The summed E-state index contributed by atoms with van der Waals surface area (Å²) in [4.78, 5) is 2.45. The lowest BCUT2D eigenvalue weighted by Gasteiger charge is -2.37. The molecule has 3 aliphatic rings. The molecule has 1 aromatic heterocycles. The molecule has 3 aliphatic carbocycles. The molecule has 2 heteroatoms. The minimum absolute atomic E-state index is 0.285. The van der Waals surface area contributed by atoms with Gasteiger partial charge in [-0.05, 0) is 108 Å². The van der Waals surface area contributed by atoms with Crippen molar-refractivity contribution in [3.05, 3.63) is 215 Å². The summed E-state index contributed by atoms with van der Waals surface area (Å²) in [6.45, 7) is 4.50. The van der Waals surface area contributed by atoms with Crippen LogP contribution in [0.25, 0.3) is 38.6 Å². The van der Waals surface area contributed by atoms with E-state index in [4.69, 9.17) is 0 Å². The van der Waals surface area contributed by atoms with E-state index >= 15 is 0 Å². The predicted molar refractivity (Wildman–Crippen MR) is 221 cm³/mol. The molecule has 3 unspecified atom stereocenters. The third-order valence-electron chi connectivity index (χ3n) is 12.2. The van der Waals surface area contributed by atoms with Crippen LogP contribution >= 0.6 is 0 Å². The molecule has 0 saturated carbocycles. The van der Waals surface area contributed by atoms with Crippen molar-refractivity contribution in [3.63, 3.8) is 0 Å². The highest BCUT2D eigenvalue weighted by molar-refractivity contribution is 6.10. The van der Waals surface area contributed by atoms with E-state index in [1.54, 1.807) is 0 Å². The van der Waals surface area contributed by atoms with Crippen molar-refractivity contribution in [2.45, 2.75) is 25.2 Å². The highest BCUT2D eigenvalue weighted by Crippen LogP contribution is 2.66. The first-order chi connectivity index (χ1) is 26.1. The molecule has 0 fully saturated rings. The van der Waals surface area contributed by atoms with Crippen LogP contribution in [-0.4, -0.2) is 4.57 Å². The molecule has 252 valence electrons. The summed E-state index contributed by atoms with van der Waals surface area (Å²) in [5.74, 6) is 0.610. The minimum atomic E-state index is -0.296. The Hall–Kier alpha value is -6.38. The molecule has 0 saturated heterocycles. The van der Waals surface area contributed by atoms with E-state index in [9.17, 15) is 0 Å². The van der Waals surface area contributed by atoms with Gasteiger partial charge in [0, 0.05) is 45.4 Å². The van der Waals surface area contributed by atoms with Gasteiger partial charge in [0.15, 0.2) is 0 Å². The summed E-state index contributed by atoms with van der Waals surface area (Å²) in [6.07, 6.45) is 7.35. The highest BCUT2D eigenvalue weighted by atomic mass is 15.1. The molecule has 0 bridgehead atoms. The van der Waals surface area contributed by atoms with Crippen molar-refractivity contribution in [1.82, 2.24) is 4.57 Å². The Labute approximate surface area is 310 Å². The van der Waals surface area contributed by atoms with E-state index in [1.807, 2.05) is 0 Å². The summed E-state index contributed by atoms with van der Waals surface area (Å²) in [6, 6.07) is 61.0. The van der Waals surface area contributed by atoms with Crippen molar-refractivity contribution in [2.75, 3.05) is 4.90 Å². The number of benzene rings is 7. The zero-order chi connectivity index (χ0) is 35.3. The average Bonchev–Trinajstić information content (AvgIpc) is 3.79. The van der Waals surface area contributed by atoms with Crippen LogP contribution in [0.15, 0.2) is 188 Å². The largest absolute Gasteiger partial charge is 0.310 e. The van der Waals surface area contributed by atoms with Crippen LogP contribution in [0, 0.1) is 12.8 Å². The number of fused-ring (bicyclic) bond motifs is 13. The quantitative estimate of drug-likeness (QED) is 0.180. The molecule has 2 nitrogen and oxygen atoms in total. The molecule has 7 aromatic carbocycles. The lowest BCUT2D eigenvalue weighted by molar-refractivity contribution is 0.463. The van der Waals surface area contributed by atoms with E-state index < -0.39 is 0 Å². The highest BCUT2D eigenvalue weighted by Gasteiger charge is 2.57. The van der Waals surface area contributed by atoms with Gasteiger partial charge in [-0.2, -0.15) is 0 Å². The normalized spacial score (nSPS) is 19.2. The first-order valence-electron chi connectivity index (χ1n) is 18.8. The average molecular weight is 679 g/mol. The summed E-state index contributed by atoms with van der Waals surface area (Å²) in [5.41, 5.74) is 17.8. The third kappa shape index (κ3) is 4.21. The number of para-hydroxylation sites is 3. The fraction of sp³-hybridized carbons (Fsp3) is 0.0980. The van der Waals surface area contributed by atoms with Crippen molar-refractivity contribution in [2.24, 2.45) is 5.92 Å². The molecule has 1 heterocycles. The van der Waals surface area contributed by atoms with Gasteiger partial charge in [0.25, 0.3) is 0 Å². The summed E-state index contributed by atoms with van der Waals surface area (Å²) in [5, 5.41) is 2.49. The number of rotatable bonds is 4. The Kier molecular flexibility index (Phi) is 6.46. The molecular weight excluding hydrogens is 641 g/mol. The minimum Gasteiger partial charge on any atom is -0.310 e.